The summed E-state index contributed by atoms with van der Waals surface area (Å²) in [5.41, 5.74) is 5.48. The molecule has 3 amide bonds. The smallest absolute Gasteiger partial charge is 0.253 e. The van der Waals surface area contributed by atoms with Crippen LogP contribution in [0.3, 0.4) is 0 Å². The van der Waals surface area contributed by atoms with E-state index in [1.165, 1.54) is 4.90 Å². The Morgan fingerprint density at radius 3 is 1.97 bits per heavy atom. The third-order valence-corrected chi connectivity index (χ3v) is 9.88. The second kappa shape index (κ2) is 7.87. The molecule has 2 bridgehead atoms. The van der Waals surface area contributed by atoms with Gasteiger partial charge in [-0.2, -0.15) is 0 Å². The van der Waals surface area contributed by atoms with Gasteiger partial charge in [-0.15, -0.1) is 0 Å². The molecule has 6 heteroatoms. The van der Waals surface area contributed by atoms with E-state index in [1.54, 1.807) is 24.3 Å². The molecule has 3 aliphatic carbocycles. The molecule has 3 aromatic rings. The average molecular weight is 541 g/mol. The lowest BCUT2D eigenvalue weighted by atomic mass is 9.55. The zero-order valence-electron chi connectivity index (χ0n) is 19.7. The topological polar surface area (TPSA) is 57.7 Å². The first-order chi connectivity index (χ1) is 17.5. The minimum atomic E-state index is -0.759. The Kier molecular flexibility index (Phi) is 4.81. The third-order valence-electron chi connectivity index (χ3n) is 8.53. The molecule has 8 rings (SSSR count). The number of amides is 3. The fraction of sp³-hybridized carbons (Fsp3) is 0.300. The largest absolute Gasteiger partial charge is 0.339 e. The summed E-state index contributed by atoms with van der Waals surface area (Å²) in [4.78, 5) is 44.2. The Labute approximate surface area is 218 Å². The van der Waals surface area contributed by atoms with Crippen molar-refractivity contribution in [3.05, 3.63) is 101 Å². The molecule has 2 saturated heterocycles. The highest BCUT2D eigenvalue weighted by molar-refractivity contribution is 9.09. The van der Waals surface area contributed by atoms with Crippen molar-refractivity contribution in [3.63, 3.8) is 0 Å². The molecule has 0 aromatic heterocycles. The second-order valence-electron chi connectivity index (χ2n) is 10.3. The van der Waals surface area contributed by atoms with Crippen LogP contribution in [-0.2, 0) is 13.9 Å². The molecule has 2 fully saturated rings. The quantitative estimate of drug-likeness (QED) is 0.331. The number of benzene rings is 3. The van der Waals surface area contributed by atoms with Gasteiger partial charge in [-0.3, -0.25) is 14.4 Å². The van der Waals surface area contributed by atoms with E-state index >= 15 is 0 Å². The van der Waals surface area contributed by atoms with E-state index in [4.69, 9.17) is 0 Å². The summed E-state index contributed by atoms with van der Waals surface area (Å²) in [5.74, 6) is -1.52. The van der Waals surface area contributed by atoms with Gasteiger partial charge < -0.3 is 4.90 Å². The van der Waals surface area contributed by atoms with Gasteiger partial charge in [0.15, 0.2) is 0 Å². The average Bonchev–Trinajstić information content (AvgIpc) is 3.20. The lowest BCUT2D eigenvalue weighted by molar-refractivity contribution is -0.122. The van der Waals surface area contributed by atoms with Crippen LogP contribution in [0.15, 0.2) is 72.8 Å². The molecule has 5 nitrogen and oxygen atoms in total. The molecular weight excluding hydrogens is 516 g/mol. The SMILES string of the molecule is O=C(c1ccc(N2C(=O)[C@@H]3[C@@H](C2=O)C2c4ccccc4C3(Br)c3ccccc32)cc1)N1CCCCC1. The Morgan fingerprint density at radius 2 is 1.36 bits per heavy atom. The van der Waals surface area contributed by atoms with Crippen LogP contribution < -0.4 is 4.90 Å². The molecule has 2 heterocycles. The van der Waals surface area contributed by atoms with Gasteiger partial charge in [-0.1, -0.05) is 64.5 Å². The zero-order chi connectivity index (χ0) is 24.6. The molecule has 2 atom stereocenters. The zero-order valence-corrected chi connectivity index (χ0v) is 21.3. The Hall–Kier alpha value is -3.25. The van der Waals surface area contributed by atoms with Crippen LogP contribution in [0.25, 0.3) is 0 Å². The van der Waals surface area contributed by atoms with Crippen LogP contribution in [0.5, 0.6) is 0 Å². The number of nitrogens with zero attached hydrogens (tertiary/aromatic N) is 2. The van der Waals surface area contributed by atoms with E-state index in [0.717, 1.165) is 54.6 Å². The van der Waals surface area contributed by atoms with Crippen LogP contribution in [0.1, 0.15) is 57.8 Å². The monoisotopic (exact) mass is 540 g/mol. The maximum absolute atomic E-state index is 14.0. The van der Waals surface area contributed by atoms with E-state index in [-0.39, 0.29) is 23.6 Å². The van der Waals surface area contributed by atoms with Crippen molar-refractivity contribution in [2.45, 2.75) is 29.5 Å². The van der Waals surface area contributed by atoms with Gasteiger partial charge in [0, 0.05) is 24.6 Å². The normalized spacial score (nSPS) is 28.1. The Bertz CT molecular complexity index is 1380. The number of carbonyl (C=O) groups excluding carboxylic acids is 3. The van der Waals surface area contributed by atoms with Crippen LogP contribution in [0.4, 0.5) is 5.69 Å². The number of rotatable bonds is 2. The summed E-state index contributed by atoms with van der Waals surface area (Å²) < 4.78 is -0.759. The van der Waals surface area contributed by atoms with Gasteiger partial charge >= 0.3 is 0 Å². The summed E-state index contributed by atoms with van der Waals surface area (Å²) in [6, 6.07) is 23.3. The predicted molar refractivity (Wildman–Crippen MR) is 140 cm³/mol. The number of hydrogen-bond donors (Lipinski definition) is 0. The number of piperidine rings is 1. The molecule has 3 aromatic carbocycles. The van der Waals surface area contributed by atoms with Gasteiger partial charge in [-0.05, 0) is 65.8 Å². The van der Waals surface area contributed by atoms with E-state index in [2.05, 4.69) is 40.2 Å². The lowest BCUT2D eigenvalue weighted by Gasteiger charge is -2.51. The van der Waals surface area contributed by atoms with Crippen LogP contribution in [0.2, 0.25) is 0 Å². The molecule has 0 saturated carbocycles. The summed E-state index contributed by atoms with van der Waals surface area (Å²) in [6.45, 7) is 1.56. The highest BCUT2D eigenvalue weighted by Crippen LogP contribution is 2.66. The summed E-state index contributed by atoms with van der Waals surface area (Å²) >= 11 is 4.03. The van der Waals surface area contributed by atoms with E-state index in [1.807, 2.05) is 29.2 Å². The summed E-state index contributed by atoms with van der Waals surface area (Å²) in [5, 5.41) is 0. The summed E-state index contributed by atoms with van der Waals surface area (Å²) in [6.07, 6.45) is 3.22. The van der Waals surface area contributed by atoms with Crippen molar-refractivity contribution < 1.29 is 14.4 Å². The number of likely N-dealkylation sites (tertiary alicyclic amines) is 1. The molecule has 0 radical (unpaired) electrons. The number of alkyl halides is 1. The number of halogens is 1. The molecule has 0 spiro atoms. The second-order valence-corrected chi connectivity index (χ2v) is 11.5. The van der Waals surface area contributed by atoms with Crippen LogP contribution in [-0.4, -0.2) is 35.7 Å². The molecular formula is C30H25BrN2O3. The highest BCUT2D eigenvalue weighted by atomic mass is 79.9. The Morgan fingerprint density at radius 1 is 0.778 bits per heavy atom. The van der Waals surface area contributed by atoms with Gasteiger partial charge in [0.25, 0.3) is 5.91 Å². The molecule has 36 heavy (non-hydrogen) atoms. The number of carbonyl (C=O) groups is 3. The van der Waals surface area contributed by atoms with E-state index in [9.17, 15) is 14.4 Å². The van der Waals surface area contributed by atoms with Crippen molar-refractivity contribution >= 4 is 39.3 Å². The van der Waals surface area contributed by atoms with Crippen molar-refractivity contribution in [2.75, 3.05) is 18.0 Å². The standard InChI is InChI=1S/C30H25BrN2O3/c31-30-22-10-4-2-8-20(22)24(21-9-3-5-11-23(21)30)25-26(30)29(36)33(28(25)35)19-14-12-18(13-15-19)27(34)32-16-6-1-7-17-32/h2-5,8-15,24-26H,1,6-7,16-17H2/t24?,25-,26-,30?/m0/s1. The number of hydrogen-bond acceptors (Lipinski definition) is 3. The third kappa shape index (κ3) is 2.79. The first kappa shape index (κ1) is 22.0. The first-order valence-electron chi connectivity index (χ1n) is 12.7. The predicted octanol–water partition coefficient (Wildman–Crippen LogP) is 5.22. The molecule has 0 N–H and O–H groups in total. The van der Waals surface area contributed by atoms with E-state index in [0.29, 0.717) is 11.3 Å². The van der Waals surface area contributed by atoms with Crippen molar-refractivity contribution in [1.29, 1.82) is 0 Å². The Balaban J connectivity index is 1.28. The molecule has 2 aliphatic heterocycles. The summed E-state index contributed by atoms with van der Waals surface area (Å²) in [7, 11) is 0. The van der Waals surface area contributed by atoms with Gasteiger partial charge in [0.1, 0.15) is 0 Å². The maximum atomic E-state index is 14.0. The fourth-order valence-electron chi connectivity index (χ4n) is 6.97. The fourth-order valence-corrected chi connectivity index (χ4v) is 8.17. The van der Waals surface area contributed by atoms with Crippen molar-refractivity contribution in [2.24, 2.45) is 11.8 Å². The van der Waals surface area contributed by atoms with Crippen LogP contribution in [0, 0.1) is 11.8 Å². The lowest BCUT2D eigenvalue weighted by Crippen LogP contribution is -2.50. The molecule has 180 valence electrons. The van der Waals surface area contributed by atoms with Gasteiger partial charge in [0.05, 0.1) is 21.8 Å². The van der Waals surface area contributed by atoms with Gasteiger partial charge in [-0.25, -0.2) is 4.90 Å². The minimum Gasteiger partial charge on any atom is -0.339 e. The molecule has 5 aliphatic rings. The van der Waals surface area contributed by atoms with Gasteiger partial charge in [0.2, 0.25) is 11.8 Å². The minimum absolute atomic E-state index is 0.0114. The highest BCUT2D eigenvalue weighted by Gasteiger charge is 2.67. The van der Waals surface area contributed by atoms with Crippen molar-refractivity contribution in [1.82, 2.24) is 4.90 Å². The first-order valence-corrected chi connectivity index (χ1v) is 13.5. The van der Waals surface area contributed by atoms with Crippen molar-refractivity contribution in [3.8, 4) is 0 Å². The molecule has 0 unspecified atom stereocenters. The van der Waals surface area contributed by atoms with Crippen LogP contribution >= 0.6 is 15.9 Å². The number of imide groups is 1. The number of anilines is 1. The maximum Gasteiger partial charge on any atom is 0.253 e. The van der Waals surface area contributed by atoms with E-state index < -0.39 is 16.2 Å².